The Morgan fingerprint density at radius 3 is 3.07 bits per heavy atom. The summed E-state index contributed by atoms with van der Waals surface area (Å²) in [5.41, 5.74) is 5.92. The van der Waals surface area contributed by atoms with Gasteiger partial charge in [-0.1, -0.05) is 6.92 Å². The topological polar surface area (TPSA) is 41.6 Å². The van der Waals surface area contributed by atoms with E-state index < -0.39 is 0 Å². The van der Waals surface area contributed by atoms with Gasteiger partial charge in [0.15, 0.2) is 5.96 Å². The van der Waals surface area contributed by atoms with Crippen LogP contribution in [-0.4, -0.2) is 42.5 Å². The Kier molecular flexibility index (Phi) is 5.15. The second kappa shape index (κ2) is 6.17. The van der Waals surface area contributed by atoms with Crippen LogP contribution in [0.25, 0.3) is 0 Å². The van der Waals surface area contributed by atoms with Crippen LogP contribution in [-0.2, 0) is 0 Å². The molecule has 0 amide bonds. The summed E-state index contributed by atoms with van der Waals surface area (Å²) in [4.78, 5) is 6.59. The molecule has 2 N–H and O–H groups in total. The Bertz CT molecular complexity index is 194. The summed E-state index contributed by atoms with van der Waals surface area (Å²) in [6.07, 6.45) is 4.67. The zero-order chi connectivity index (χ0) is 10.4. The van der Waals surface area contributed by atoms with Crippen LogP contribution in [0.1, 0.15) is 19.8 Å². The molecule has 82 valence electrons. The Labute approximate surface area is 91.1 Å². The predicted molar refractivity (Wildman–Crippen MR) is 64.8 cm³/mol. The molecule has 4 heteroatoms. The Balaban J connectivity index is 2.34. The van der Waals surface area contributed by atoms with Gasteiger partial charge in [-0.15, -0.1) is 0 Å². The number of hydrogen-bond acceptors (Lipinski definition) is 2. The van der Waals surface area contributed by atoms with Crippen LogP contribution >= 0.6 is 11.8 Å². The van der Waals surface area contributed by atoms with Crippen molar-refractivity contribution in [2.24, 2.45) is 16.6 Å². The van der Waals surface area contributed by atoms with Gasteiger partial charge in [0.05, 0.1) is 6.54 Å². The van der Waals surface area contributed by atoms with Crippen LogP contribution in [0.3, 0.4) is 0 Å². The summed E-state index contributed by atoms with van der Waals surface area (Å²) in [7, 11) is 0. The van der Waals surface area contributed by atoms with E-state index in [0.29, 0.717) is 0 Å². The number of nitrogens with two attached hydrogens (primary N) is 1. The molecule has 1 aliphatic rings. The van der Waals surface area contributed by atoms with E-state index in [0.717, 1.165) is 37.3 Å². The second-order valence-electron chi connectivity index (χ2n) is 3.93. The largest absolute Gasteiger partial charge is 0.370 e. The highest BCUT2D eigenvalue weighted by molar-refractivity contribution is 7.98. The summed E-state index contributed by atoms with van der Waals surface area (Å²) in [5, 5.41) is 0. The normalized spacial score (nSPS) is 24.0. The van der Waals surface area contributed by atoms with Gasteiger partial charge in [0.1, 0.15) is 0 Å². The van der Waals surface area contributed by atoms with Crippen molar-refractivity contribution >= 4 is 17.7 Å². The first-order valence-corrected chi connectivity index (χ1v) is 6.67. The average molecular weight is 215 g/mol. The van der Waals surface area contributed by atoms with E-state index in [2.05, 4.69) is 23.1 Å². The molecule has 1 rings (SSSR count). The molecular formula is C10H21N3S. The minimum Gasteiger partial charge on any atom is -0.370 e. The molecule has 1 heterocycles. The summed E-state index contributed by atoms with van der Waals surface area (Å²) >= 11 is 1.81. The van der Waals surface area contributed by atoms with Gasteiger partial charge in [0.25, 0.3) is 0 Å². The molecule has 1 atom stereocenters. The van der Waals surface area contributed by atoms with Gasteiger partial charge in [0, 0.05) is 18.8 Å². The number of nitrogens with zero attached hydrogens (tertiary/aromatic N) is 2. The molecule has 0 aromatic rings. The van der Waals surface area contributed by atoms with Crippen LogP contribution < -0.4 is 5.73 Å². The maximum atomic E-state index is 5.92. The van der Waals surface area contributed by atoms with Gasteiger partial charge in [-0.05, 0) is 25.0 Å². The third-order valence-electron chi connectivity index (χ3n) is 2.55. The molecule has 1 unspecified atom stereocenters. The zero-order valence-electron chi connectivity index (χ0n) is 9.20. The fraction of sp³-hybridized carbons (Fsp3) is 0.900. The van der Waals surface area contributed by atoms with E-state index in [9.17, 15) is 0 Å². The van der Waals surface area contributed by atoms with Gasteiger partial charge in [0.2, 0.25) is 0 Å². The Hall–Kier alpha value is -0.380. The van der Waals surface area contributed by atoms with Gasteiger partial charge in [-0.25, -0.2) is 0 Å². The summed E-state index contributed by atoms with van der Waals surface area (Å²) in [6.45, 7) is 5.28. The van der Waals surface area contributed by atoms with E-state index in [1.807, 2.05) is 11.8 Å². The lowest BCUT2D eigenvalue weighted by atomic mass is 10.0. The van der Waals surface area contributed by atoms with Crippen LogP contribution in [0.15, 0.2) is 4.99 Å². The van der Waals surface area contributed by atoms with Crippen molar-refractivity contribution in [3.05, 3.63) is 0 Å². The summed E-state index contributed by atoms with van der Waals surface area (Å²) < 4.78 is 0. The maximum Gasteiger partial charge on any atom is 0.191 e. The molecule has 0 aromatic carbocycles. The van der Waals surface area contributed by atoms with Crippen molar-refractivity contribution in [3.63, 3.8) is 0 Å². The number of rotatable bonds is 3. The third-order valence-corrected chi connectivity index (χ3v) is 3.14. The zero-order valence-corrected chi connectivity index (χ0v) is 10.0. The molecule has 0 aliphatic carbocycles. The highest BCUT2D eigenvalue weighted by Crippen LogP contribution is 2.14. The fourth-order valence-corrected chi connectivity index (χ4v) is 2.02. The number of likely N-dealkylation sites (tertiary alicyclic amines) is 1. The van der Waals surface area contributed by atoms with Crippen molar-refractivity contribution in [3.8, 4) is 0 Å². The molecule has 0 aromatic heterocycles. The third kappa shape index (κ3) is 3.78. The van der Waals surface area contributed by atoms with Crippen molar-refractivity contribution in [2.75, 3.05) is 31.6 Å². The number of hydrogen-bond donors (Lipinski definition) is 1. The monoisotopic (exact) mass is 215 g/mol. The minimum absolute atomic E-state index is 0.741. The number of aliphatic imine (C=N–C) groups is 1. The quantitative estimate of drug-likeness (QED) is 0.439. The highest BCUT2D eigenvalue weighted by Gasteiger charge is 2.17. The van der Waals surface area contributed by atoms with Crippen LogP contribution in [0.4, 0.5) is 0 Å². The number of thioether (sulfide) groups is 1. The fourth-order valence-electron chi connectivity index (χ4n) is 1.75. The smallest absolute Gasteiger partial charge is 0.191 e. The standard InChI is InChI=1S/C10H21N3S/c1-9-4-3-6-13(8-9)10(11)12-5-7-14-2/h9H,3-8H2,1-2H3,(H2,11,12). The molecule has 14 heavy (non-hydrogen) atoms. The second-order valence-corrected chi connectivity index (χ2v) is 4.91. The lowest BCUT2D eigenvalue weighted by Crippen LogP contribution is -2.43. The SMILES string of the molecule is CSCCN=C(N)N1CCCC(C)C1. The summed E-state index contributed by atoms with van der Waals surface area (Å²) in [5.74, 6) is 2.56. The minimum atomic E-state index is 0.741. The van der Waals surface area contributed by atoms with Gasteiger partial charge < -0.3 is 10.6 Å². The van der Waals surface area contributed by atoms with E-state index in [-0.39, 0.29) is 0 Å². The van der Waals surface area contributed by atoms with Crippen molar-refractivity contribution < 1.29 is 0 Å². The molecule has 1 aliphatic heterocycles. The molecule has 1 fully saturated rings. The maximum absolute atomic E-state index is 5.92. The van der Waals surface area contributed by atoms with Crippen LogP contribution in [0.5, 0.6) is 0 Å². The Morgan fingerprint density at radius 1 is 1.64 bits per heavy atom. The molecule has 1 saturated heterocycles. The lowest BCUT2D eigenvalue weighted by Gasteiger charge is -2.31. The lowest BCUT2D eigenvalue weighted by molar-refractivity contribution is 0.270. The van der Waals surface area contributed by atoms with Crippen molar-refractivity contribution in [2.45, 2.75) is 19.8 Å². The van der Waals surface area contributed by atoms with Gasteiger partial charge in [-0.2, -0.15) is 11.8 Å². The number of piperidine rings is 1. The van der Waals surface area contributed by atoms with E-state index in [1.165, 1.54) is 12.8 Å². The first-order valence-electron chi connectivity index (χ1n) is 5.28. The van der Waals surface area contributed by atoms with Crippen LogP contribution in [0.2, 0.25) is 0 Å². The predicted octanol–water partition coefficient (Wildman–Crippen LogP) is 1.40. The molecule has 0 saturated carbocycles. The molecule has 3 nitrogen and oxygen atoms in total. The highest BCUT2D eigenvalue weighted by atomic mass is 32.2. The van der Waals surface area contributed by atoms with Crippen LogP contribution in [0, 0.1) is 5.92 Å². The van der Waals surface area contributed by atoms with Gasteiger partial charge >= 0.3 is 0 Å². The molecule has 0 radical (unpaired) electrons. The average Bonchev–Trinajstić information content (AvgIpc) is 2.18. The first kappa shape index (κ1) is 11.7. The number of guanidine groups is 1. The van der Waals surface area contributed by atoms with Gasteiger partial charge in [-0.3, -0.25) is 4.99 Å². The Morgan fingerprint density at radius 2 is 2.43 bits per heavy atom. The first-order chi connectivity index (χ1) is 6.74. The molecule has 0 spiro atoms. The van der Waals surface area contributed by atoms with Crippen molar-refractivity contribution in [1.82, 2.24) is 4.90 Å². The van der Waals surface area contributed by atoms with Crippen molar-refractivity contribution in [1.29, 1.82) is 0 Å². The van der Waals surface area contributed by atoms with E-state index in [4.69, 9.17) is 5.73 Å². The molecular weight excluding hydrogens is 194 g/mol. The van der Waals surface area contributed by atoms with E-state index in [1.54, 1.807) is 0 Å². The molecule has 0 bridgehead atoms. The van der Waals surface area contributed by atoms with E-state index >= 15 is 0 Å². The summed E-state index contributed by atoms with van der Waals surface area (Å²) in [6, 6.07) is 0.